The third-order valence-electron chi connectivity index (χ3n) is 2.50. The molecule has 2 N–H and O–H groups in total. The number of aliphatic hydroxyl groups is 1. The van der Waals surface area contributed by atoms with Crippen molar-refractivity contribution in [3.8, 4) is 5.88 Å². The molecule has 0 bridgehead atoms. The predicted octanol–water partition coefficient (Wildman–Crippen LogP) is 1.36. The van der Waals surface area contributed by atoms with Crippen LogP contribution in [0, 0.1) is 0 Å². The SMILES string of the molecule is CC(O)CNC(=O)c1cc(OCc2ccccc2)no1. The van der Waals surface area contributed by atoms with Crippen LogP contribution in [0.3, 0.4) is 0 Å². The lowest BCUT2D eigenvalue weighted by Gasteiger charge is -2.03. The van der Waals surface area contributed by atoms with Gasteiger partial charge in [-0.05, 0) is 17.6 Å². The Morgan fingerprint density at radius 1 is 1.45 bits per heavy atom. The molecule has 0 aliphatic rings. The first-order valence-electron chi connectivity index (χ1n) is 6.25. The van der Waals surface area contributed by atoms with Crippen LogP contribution >= 0.6 is 0 Å². The number of rotatable bonds is 6. The van der Waals surface area contributed by atoms with Gasteiger partial charge in [0.25, 0.3) is 11.8 Å². The number of aliphatic hydroxyl groups excluding tert-OH is 1. The molecule has 0 radical (unpaired) electrons. The highest BCUT2D eigenvalue weighted by Gasteiger charge is 2.14. The molecule has 20 heavy (non-hydrogen) atoms. The zero-order valence-corrected chi connectivity index (χ0v) is 11.1. The van der Waals surface area contributed by atoms with Gasteiger partial charge in [-0.25, -0.2) is 0 Å². The summed E-state index contributed by atoms with van der Waals surface area (Å²) in [4.78, 5) is 11.6. The summed E-state index contributed by atoms with van der Waals surface area (Å²) >= 11 is 0. The van der Waals surface area contributed by atoms with Gasteiger partial charge < -0.3 is 19.7 Å². The Labute approximate surface area is 116 Å². The number of aromatic nitrogens is 1. The maximum absolute atomic E-state index is 11.6. The summed E-state index contributed by atoms with van der Waals surface area (Å²) in [6.07, 6.45) is -0.615. The average Bonchev–Trinajstić information content (AvgIpc) is 2.92. The van der Waals surface area contributed by atoms with Gasteiger partial charge in [0.2, 0.25) is 5.76 Å². The molecule has 0 fully saturated rings. The zero-order valence-electron chi connectivity index (χ0n) is 11.1. The molecule has 1 aromatic heterocycles. The lowest BCUT2D eigenvalue weighted by molar-refractivity contribution is 0.0887. The molecular weight excluding hydrogens is 260 g/mol. The van der Waals surface area contributed by atoms with Gasteiger partial charge in [-0.1, -0.05) is 30.3 Å². The minimum atomic E-state index is -0.615. The molecule has 1 unspecified atom stereocenters. The van der Waals surface area contributed by atoms with Gasteiger partial charge in [0.15, 0.2) is 0 Å². The van der Waals surface area contributed by atoms with Crippen LogP contribution in [0.2, 0.25) is 0 Å². The minimum Gasteiger partial charge on any atom is -0.471 e. The molecule has 0 saturated carbocycles. The number of carbonyl (C=O) groups excluding carboxylic acids is 1. The van der Waals surface area contributed by atoms with Crippen molar-refractivity contribution in [2.75, 3.05) is 6.54 Å². The highest BCUT2D eigenvalue weighted by atomic mass is 16.5. The predicted molar refractivity (Wildman–Crippen MR) is 71.3 cm³/mol. The van der Waals surface area contributed by atoms with Crippen molar-refractivity contribution < 1.29 is 19.2 Å². The zero-order chi connectivity index (χ0) is 14.4. The quantitative estimate of drug-likeness (QED) is 0.832. The van der Waals surface area contributed by atoms with Crippen LogP contribution in [-0.4, -0.2) is 28.8 Å². The molecular formula is C14H16N2O4. The number of nitrogens with one attached hydrogen (secondary N) is 1. The molecule has 1 amide bonds. The second-order valence-corrected chi connectivity index (χ2v) is 4.36. The van der Waals surface area contributed by atoms with Gasteiger partial charge >= 0.3 is 0 Å². The second-order valence-electron chi connectivity index (χ2n) is 4.36. The third kappa shape index (κ3) is 4.10. The molecule has 6 nitrogen and oxygen atoms in total. The van der Waals surface area contributed by atoms with E-state index in [-0.39, 0.29) is 18.2 Å². The van der Waals surface area contributed by atoms with E-state index in [0.717, 1.165) is 5.56 Å². The second kappa shape index (κ2) is 6.72. The Balaban J connectivity index is 1.87. The van der Waals surface area contributed by atoms with E-state index in [4.69, 9.17) is 14.4 Å². The molecule has 106 valence electrons. The van der Waals surface area contributed by atoms with Gasteiger partial charge in [-0.15, -0.1) is 0 Å². The molecule has 2 aromatic rings. The highest BCUT2D eigenvalue weighted by molar-refractivity contribution is 5.91. The fourth-order valence-electron chi connectivity index (χ4n) is 1.49. The number of amides is 1. The van der Waals surface area contributed by atoms with Gasteiger partial charge in [0, 0.05) is 6.54 Å². The van der Waals surface area contributed by atoms with E-state index < -0.39 is 12.0 Å². The summed E-state index contributed by atoms with van der Waals surface area (Å²) in [7, 11) is 0. The van der Waals surface area contributed by atoms with Crippen molar-refractivity contribution in [3.05, 3.63) is 47.7 Å². The Bertz CT molecular complexity index is 551. The largest absolute Gasteiger partial charge is 0.471 e. The number of ether oxygens (including phenoxy) is 1. The summed E-state index contributed by atoms with van der Waals surface area (Å²) < 4.78 is 10.3. The number of hydrogen-bond donors (Lipinski definition) is 2. The molecule has 0 aliphatic carbocycles. The van der Waals surface area contributed by atoms with E-state index in [1.54, 1.807) is 6.92 Å². The average molecular weight is 276 g/mol. The lowest BCUT2D eigenvalue weighted by Crippen LogP contribution is -2.30. The summed E-state index contributed by atoms with van der Waals surface area (Å²) in [5, 5.41) is 15.2. The third-order valence-corrected chi connectivity index (χ3v) is 2.50. The first-order valence-corrected chi connectivity index (χ1v) is 6.25. The standard InChI is InChI=1S/C14H16N2O4/c1-10(17)8-15-14(18)12-7-13(16-20-12)19-9-11-5-3-2-4-6-11/h2-7,10,17H,8-9H2,1H3,(H,15,18). The number of hydrogen-bond acceptors (Lipinski definition) is 5. The highest BCUT2D eigenvalue weighted by Crippen LogP contribution is 2.13. The van der Waals surface area contributed by atoms with Gasteiger partial charge in [-0.2, -0.15) is 0 Å². The Morgan fingerprint density at radius 3 is 2.90 bits per heavy atom. The maximum atomic E-state index is 11.6. The first kappa shape index (κ1) is 14.1. The van der Waals surface area contributed by atoms with E-state index in [9.17, 15) is 4.79 Å². The Hall–Kier alpha value is -2.34. The molecule has 6 heteroatoms. The monoisotopic (exact) mass is 276 g/mol. The fourth-order valence-corrected chi connectivity index (χ4v) is 1.49. The van der Waals surface area contributed by atoms with Gasteiger partial charge in [0.1, 0.15) is 6.61 Å². The number of nitrogens with zero attached hydrogens (tertiary/aromatic N) is 1. The van der Waals surface area contributed by atoms with Crippen LogP contribution in [0.4, 0.5) is 0 Å². The van der Waals surface area contributed by atoms with Crippen molar-refractivity contribution in [1.29, 1.82) is 0 Å². The Morgan fingerprint density at radius 2 is 2.20 bits per heavy atom. The van der Waals surface area contributed by atoms with E-state index in [1.165, 1.54) is 6.07 Å². The van der Waals surface area contributed by atoms with Crippen LogP contribution in [0.5, 0.6) is 5.88 Å². The van der Waals surface area contributed by atoms with Crippen LogP contribution in [-0.2, 0) is 6.61 Å². The van der Waals surface area contributed by atoms with E-state index in [2.05, 4.69) is 10.5 Å². The van der Waals surface area contributed by atoms with Crippen molar-refractivity contribution >= 4 is 5.91 Å². The van der Waals surface area contributed by atoms with Crippen LogP contribution < -0.4 is 10.1 Å². The smallest absolute Gasteiger partial charge is 0.290 e. The van der Waals surface area contributed by atoms with Crippen LogP contribution in [0.15, 0.2) is 40.9 Å². The fraction of sp³-hybridized carbons (Fsp3) is 0.286. The lowest BCUT2D eigenvalue weighted by atomic mass is 10.2. The molecule has 0 spiro atoms. The van der Waals surface area contributed by atoms with Crippen molar-refractivity contribution in [2.24, 2.45) is 0 Å². The normalized spacial score (nSPS) is 11.9. The number of benzene rings is 1. The molecule has 2 rings (SSSR count). The summed E-state index contributed by atoms with van der Waals surface area (Å²) in [5.41, 5.74) is 0.996. The van der Waals surface area contributed by atoms with Crippen LogP contribution in [0.25, 0.3) is 0 Å². The Kier molecular flexibility index (Phi) is 4.73. The van der Waals surface area contributed by atoms with Crippen LogP contribution in [0.1, 0.15) is 23.0 Å². The van der Waals surface area contributed by atoms with E-state index >= 15 is 0 Å². The first-order chi connectivity index (χ1) is 9.65. The van der Waals surface area contributed by atoms with Gasteiger partial charge in [0.05, 0.1) is 12.2 Å². The van der Waals surface area contributed by atoms with Crippen molar-refractivity contribution in [2.45, 2.75) is 19.6 Å². The minimum absolute atomic E-state index is 0.0497. The maximum Gasteiger partial charge on any atom is 0.290 e. The summed E-state index contributed by atoms with van der Waals surface area (Å²) in [6, 6.07) is 11.0. The molecule has 1 atom stereocenters. The van der Waals surface area contributed by atoms with E-state index in [1.807, 2.05) is 30.3 Å². The van der Waals surface area contributed by atoms with Crippen molar-refractivity contribution in [3.63, 3.8) is 0 Å². The summed E-state index contributed by atoms with van der Waals surface area (Å²) in [6.45, 7) is 2.08. The molecule has 1 aromatic carbocycles. The number of carbonyl (C=O) groups is 1. The molecule has 0 saturated heterocycles. The molecule has 1 heterocycles. The molecule has 0 aliphatic heterocycles. The summed E-state index contributed by atoms with van der Waals surface area (Å²) in [5.74, 6) is -0.141. The van der Waals surface area contributed by atoms with Crippen molar-refractivity contribution in [1.82, 2.24) is 10.5 Å². The van der Waals surface area contributed by atoms with E-state index in [0.29, 0.717) is 6.61 Å². The topological polar surface area (TPSA) is 84.6 Å². The van der Waals surface area contributed by atoms with Gasteiger partial charge in [-0.3, -0.25) is 4.79 Å².